The molecule has 1 saturated carbocycles. The van der Waals surface area contributed by atoms with Gasteiger partial charge in [-0.15, -0.1) is 0 Å². The third-order valence-electron chi connectivity index (χ3n) is 5.25. The van der Waals surface area contributed by atoms with Crippen molar-refractivity contribution in [1.82, 2.24) is 10.2 Å². The minimum Gasteiger partial charge on any atom is -0.384 e. The maximum atomic E-state index is 10.6. The molecule has 0 amide bonds. The number of hydrogen-bond acceptors (Lipinski definition) is 4. The maximum absolute atomic E-state index is 10.6. The number of nitrogens with zero attached hydrogens (tertiary/aromatic N) is 1. The molecular formula is C17H28N2OS. The molecule has 2 aliphatic rings. The Labute approximate surface area is 132 Å². The average Bonchev–Trinajstić information content (AvgIpc) is 3.19. The molecule has 118 valence electrons. The number of nitrogens with one attached hydrogen (secondary N) is 1. The van der Waals surface area contributed by atoms with Crippen molar-refractivity contribution in [2.24, 2.45) is 0 Å². The van der Waals surface area contributed by atoms with Crippen LogP contribution in [0.15, 0.2) is 16.8 Å². The highest BCUT2D eigenvalue weighted by Crippen LogP contribution is 2.27. The van der Waals surface area contributed by atoms with Crippen molar-refractivity contribution in [2.45, 2.75) is 63.1 Å². The fraction of sp³-hybridized carbons (Fsp3) is 0.765. The van der Waals surface area contributed by atoms with Crippen LogP contribution in [-0.2, 0) is 5.60 Å². The van der Waals surface area contributed by atoms with Gasteiger partial charge in [0.2, 0.25) is 0 Å². The van der Waals surface area contributed by atoms with E-state index in [1.54, 1.807) is 11.3 Å². The van der Waals surface area contributed by atoms with Crippen LogP contribution in [0.1, 0.15) is 51.0 Å². The van der Waals surface area contributed by atoms with Gasteiger partial charge >= 0.3 is 0 Å². The number of likely N-dealkylation sites (tertiary alicyclic amines) is 1. The van der Waals surface area contributed by atoms with Crippen LogP contribution in [0.2, 0.25) is 0 Å². The Kier molecular flexibility index (Phi) is 4.99. The van der Waals surface area contributed by atoms with E-state index in [0.717, 1.165) is 11.6 Å². The van der Waals surface area contributed by atoms with Gasteiger partial charge in [-0.2, -0.15) is 11.3 Å². The van der Waals surface area contributed by atoms with Crippen LogP contribution in [0, 0.1) is 0 Å². The smallest absolute Gasteiger partial charge is 0.1000 e. The fourth-order valence-electron chi connectivity index (χ4n) is 3.75. The van der Waals surface area contributed by atoms with Crippen LogP contribution in [0.25, 0.3) is 0 Å². The summed E-state index contributed by atoms with van der Waals surface area (Å²) in [5.41, 5.74) is 0.283. The summed E-state index contributed by atoms with van der Waals surface area (Å²) in [4.78, 5) is 2.70. The Bertz CT molecular complexity index is 418. The third kappa shape index (κ3) is 3.86. The Morgan fingerprint density at radius 2 is 2.00 bits per heavy atom. The maximum Gasteiger partial charge on any atom is 0.1000 e. The average molecular weight is 308 g/mol. The third-order valence-corrected chi connectivity index (χ3v) is 5.93. The molecule has 4 heteroatoms. The lowest BCUT2D eigenvalue weighted by atomic mass is 9.97. The van der Waals surface area contributed by atoms with E-state index >= 15 is 0 Å². The second-order valence-electron chi connectivity index (χ2n) is 6.92. The molecule has 1 aromatic rings. The molecule has 1 aliphatic heterocycles. The van der Waals surface area contributed by atoms with Crippen molar-refractivity contribution in [2.75, 3.05) is 19.6 Å². The number of thiophene rings is 1. The van der Waals surface area contributed by atoms with Crippen molar-refractivity contribution in [3.05, 3.63) is 22.4 Å². The lowest BCUT2D eigenvalue weighted by Gasteiger charge is -2.37. The first-order valence-electron chi connectivity index (χ1n) is 8.38. The molecule has 2 heterocycles. The lowest BCUT2D eigenvalue weighted by Crippen LogP contribution is -2.48. The topological polar surface area (TPSA) is 35.5 Å². The highest BCUT2D eigenvalue weighted by molar-refractivity contribution is 7.08. The molecule has 1 aliphatic carbocycles. The van der Waals surface area contributed by atoms with Crippen molar-refractivity contribution in [3.8, 4) is 0 Å². The molecule has 0 bridgehead atoms. The molecule has 3 rings (SSSR count). The minimum absolute atomic E-state index is 0.563. The largest absolute Gasteiger partial charge is 0.384 e. The normalized spacial score (nSPS) is 25.2. The summed E-state index contributed by atoms with van der Waals surface area (Å²) in [6, 6.07) is 3.45. The predicted octanol–water partition coefficient (Wildman–Crippen LogP) is 2.95. The van der Waals surface area contributed by atoms with Crippen molar-refractivity contribution < 1.29 is 5.11 Å². The van der Waals surface area contributed by atoms with Crippen LogP contribution >= 0.6 is 11.3 Å². The molecule has 3 nitrogen and oxygen atoms in total. The van der Waals surface area contributed by atoms with Crippen LogP contribution in [-0.4, -0.2) is 41.7 Å². The Morgan fingerprint density at radius 1 is 1.29 bits per heavy atom. The number of piperidine rings is 1. The van der Waals surface area contributed by atoms with E-state index in [0.29, 0.717) is 12.6 Å². The van der Waals surface area contributed by atoms with Crippen molar-refractivity contribution in [1.29, 1.82) is 0 Å². The van der Waals surface area contributed by atoms with Gasteiger partial charge < -0.3 is 15.3 Å². The highest BCUT2D eigenvalue weighted by Gasteiger charge is 2.29. The number of rotatable bonds is 5. The monoisotopic (exact) mass is 308 g/mol. The van der Waals surface area contributed by atoms with E-state index in [1.807, 2.05) is 23.8 Å². The molecule has 21 heavy (non-hydrogen) atoms. The molecule has 0 radical (unpaired) electrons. The Morgan fingerprint density at radius 3 is 2.62 bits per heavy atom. The summed E-state index contributed by atoms with van der Waals surface area (Å²) < 4.78 is 0. The summed E-state index contributed by atoms with van der Waals surface area (Å²) in [6.45, 7) is 5.01. The Balaban J connectivity index is 1.43. The number of hydrogen-bond donors (Lipinski definition) is 2. The minimum atomic E-state index is -0.747. The second-order valence-corrected chi connectivity index (χ2v) is 7.70. The summed E-state index contributed by atoms with van der Waals surface area (Å²) in [7, 11) is 0. The van der Waals surface area contributed by atoms with E-state index < -0.39 is 5.60 Å². The highest BCUT2D eigenvalue weighted by atomic mass is 32.1. The van der Waals surface area contributed by atoms with E-state index in [2.05, 4.69) is 10.2 Å². The quantitative estimate of drug-likeness (QED) is 0.878. The van der Waals surface area contributed by atoms with Crippen molar-refractivity contribution >= 4 is 11.3 Å². The first kappa shape index (κ1) is 15.5. The van der Waals surface area contributed by atoms with E-state index in [1.165, 1.54) is 51.6 Å². The molecule has 0 spiro atoms. The van der Waals surface area contributed by atoms with Gasteiger partial charge in [0.15, 0.2) is 0 Å². The zero-order chi connectivity index (χ0) is 14.7. The standard InChI is InChI=1S/C17H28N2OS/c1-17(20,14-8-11-21-12-14)13-18-15-6-9-19(10-7-15)16-4-2-3-5-16/h8,11-12,15-16,18,20H,2-7,9-10,13H2,1H3. The molecule has 1 aromatic heterocycles. The van der Waals surface area contributed by atoms with Gasteiger partial charge in [-0.1, -0.05) is 12.8 Å². The van der Waals surface area contributed by atoms with Gasteiger partial charge in [-0.3, -0.25) is 0 Å². The number of aliphatic hydroxyl groups is 1. The summed E-state index contributed by atoms with van der Waals surface area (Å²) in [6.07, 6.45) is 8.10. The zero-order valence-electron chi connectivity index (χ0n) is 13.1. The van der Waals surface area contributed by atoms with Gasteiger partial charge in [0.25, 0.3) is 0 Å². The summed E-state index contributed by atoms with van der Waals surface area (Å²) in [5, 5.41) is 18.2. The van der Waals surface area contributed by atoms with Gasteiger partial charge in [0.05, 0.1) is 5.60 Å². The van der Waals surface area contributed by atoms with Gasteiger partial charge in [-0.25, -0.2) is 0 Å². The molecule has 1 unspecified atom stereocenters. The van der Waals surface area contributed by atoms with Gasteiger partial charge in [-0.05, 0) is 68.1 Å². The van der Waals surface area contributed by atoms with E-state index in [-0.39, 0.29) is 0 Å². The van der Waals surface area contributed by atoms with Gasteiger partial charge in [0.1, 0.15) is 0 Å². The van der Waals surface area contributed by atoms with E-state index in [9.17, 15) is 5.11 Å². The Hall–Kier alpha value is -0.420. The predicted molar refractivity (Wildman–Crippen MR) is 88.7 cm³/mol. The molecule has 1 saturated heterocycles. The van der Waals surface area contributed by atoms with Crippen molar-refractivity contribution in [3.63, 3.8) is 0 Å². The summed E-state index contributed by atoms with van der Waals surface area (Å²) in [5.74, 6) is 0. The zero-order valence-corrected chi connectivity index (χ0v) is 13.9. The molecule has 0 aromatic carbocycles. The van der Waals surface area contributed by atoms with Crippen LogP contribution in [0.3, 0.4) is 0 Å². The molecule has 2 N–H and O–H groups in total. The van der Waals surface area contributed by atoms with Crippen LogP contribution < -0.4 is 5.32 Å². The van der Waals surface area contributed by atoms with E-state index in [4.69, 9.17) is 0 Å². The second kappa shape index (κ2) is 6.78. The molecule has 1 atom stereocenters. The lowest BCUT2D eigenvalue weighted by molar-refractivity contribution is 0.0489. The van der Waals surface area contributed by atoms with Crippen LogP contribution in [0.4, 0.5) is 0 Å². The van der Waals surface area contributed by atoms with Crippen LogP contribution in [0.5, 0.6) is 0 Å². The van der Waals surface area contributed by atoms with Gasteiger partial charge in [0, 0.05) is 18.6 Å². The molecular weight excluding hydrogens is 280 g/mol. The first-order valence-corrected chi connectivity index (χ1v) is 9.32. The summed E-state index contributed by atoms with van der Waals surface area (Å²) >= 11 is 1.65. The molecule has 2 fully saturated rings. The SMILES string of the molecule is CC(O)(CNC1CCN(C2CCCC2)CC1)c1ccsc1. The first-order chi connectivity index (χ1) is 10.1. The fourth-order valence-corrected chi connectivity index (χ4v) is 4.54.